The summed E-state index contributed by atoms with van der Waals surface area (Å²) in [7, 11) is 4.89. The van der Waals surface area contributed by atoms with Gasteiger partial charge in [-0.1, -0.05) is 18.2 Å². The summed E-state index contributed by atoms with van der Waals surface area (Å²) in [6.45, 7) is 4.10. The summed E-state index contributed by atoms with van der Waals surface area (Å²) in [6, 6.07) is 13.8. The number of rotatable bonds is 7. The van der Waals surface area contributed by atoms with Gasteiger partial charge in [0.1, 0.15) is 5.75 Å². The maximum Gasteiger partial charge on any atom is 0.227 e. The van der Waals surface area contributed by atoms with Gasteiger partial charge >= 0.3 is 0 Å². The molecule has 0 spiro atoms. The van der Waals surface area contributed by atoms with Gasteiger partial charge in [0.2, 0.25) is 5.91 Å². The van der Waals surface area contributed by atoms with E-state index < -0.39 is 0 Å². The molecule has 1 heterocycles. The Morgan fingerprint density at radius 1 is 0.857 bits per heavy atom. The first-order chi connectivity index (χ1) is 13.6. The number of nitrogens with zero attached hydrogens (tertiary/aromatic N) is 2. The summed E-state index contributed by atoms with van der Waals surface area (Å²) in [6.07, 6.45) is 0.371. The van der Waals surface area contributed by atoms with Crippen LogP contribution >= 0.6 is 0 Å². The van der Waals surface area contributed by atoms with Crippen molar-refractivity contribution in [3.05, 3.63) is 53.6 Å². The third-order valence-corrected chi connectivity index (χ3v) is 5.07. The van der Waals surface area contributed by atoms with E-state index in [0.717, 1.165) is 44.0 Å². The van der Waals surface area contributed by atoms with Crippen molar-refractivity contribution in [3.63, 3.8) is 0 Å². The molecular weight excluding hydrogens is 356 g/mol. The molecule has 0 saturated carbocycles. The van der Waals surface area contributed by atoms with Crippen LogP contribution in [0.15, 0.2) is 42.5 Å². The second-order valence-corrected chi connectivity index (χ2v) is 6.87. The number of carbonyl (C=O) groups is 1. The van der Waals surface area contributed by atoms with E-state index in [9.17, 15) is 4.79 Å². The fraction of sp³-hybridized carbons (Fsp3) is 0.409. The standard InChI is InChI=1S/C22H28N2O4/c1-26-19-6-4-5-18(13-19)16-23-9-11-24(12-10-23)22(25)15-17-7-8-20(27-2)21(14-17)28-3/h4-8,13-14H,9-12,15-16H2,1-3H3. The molecule has 0 atom stereocenters. The molecule has 3 rings (SSSR count). The zero-order valence-electron chi connectivity index (χ0n) is 16.8. The van der Waals surface area contributed by atoms with Crippen molar-refractivity contribution in [2.75, 3.05) is 47.5 Å². The van der Waals surface area contributed by atoms with Crippen LogP contribution in [0.5, 0.6) is 17.2 Å². The highest BCUT2D eigenvalue weighted by molar-refractivity contribution is 5.79. The van der Waals surface area contributed by atoms with Gasteiger partial charge in [0.25, 0.3) is 0 Å². The van der Waals surface area contributed by atoms with Gasteiger partial charge in [-0.25, -0.2) is 0 Å². The van der Waals surface area contributed by atoms with Crippen molar-refractivity contribution in [2.45, 2.75) is 13.0 Å². The first kappa shape index (κ1) is 20.0. The first-order valence-electron chi connectivity index (χ1n) is 9.47. The maximum absolute atomic E-state index is 12.7. The predicted molar refractivity (Wildman–Crippen MR) is 108 cm³/mol. The monoisotopic (exact) mass is 384 g/mol. The molecule has 1 saturated heterocycles. The Labute approximate surface area is 166 Å². The molecule has 0 radical (unpaired) electrons. The average Bonchev–Trinajstić information content (AvgIpc) is 2.74. The van der Waals surface area contributed by atoms with Crippen LogP contribution in [0.1, 0.15) is 11.1 Å². The molecule has 0 aromatic heterocycles. The van der Waals surface area contributed by atoms with E-state index in [1.165, 1.54) is 5.56 Å². The molecule has 150 valence electrons. The van der Waals surface area contributed by atoms with Crippen LogP contribution in [-0.4, -0.2) is 63.2 Å². The van der Waals surface area contributed by atoms with Gasteiger partial charge < -0.3 is 19.1 Å². The van der Waals surface area contributed by atoms with Crippen molar-refractivity contribution in [2.24, 2.45) is 0 Å². The van der Waals surface area contributed by atoms with Gasteiger partial charge in [-0.05, 0) is 35.4 Å². The smallest absolute Gasteiger partial charge is 0.227 e. The van der Waals surface area contributed by atoms with E-state index in [2.05, 4.69) is 17.0 Å². The Kier molecular flexibility index (Phi) is 6.76. The number of hydrogen-bond acceptors (Lipinski definition) is 5. The van der Waals surface area contributed by atoms with E-state index >= 15 is 0 Å². The Hall–Kier alpha value is -2.73. The largest absolute Gasteiger partial charge is 0.497 e. The highest BCUT2D eigenvalue weighted by Gasteiger charge is 2.21. The summed E-state index contributed by atoms with van der Waals surface area (Å²) in [5, 5.41) is 0. The van der Waals surface area contributed by atoms with Crippen LogP contribution < -0.4 is 14.2 Å². The van der Waals surface area contributed by atoms with Crippen LogP contribution in [0, 0.1) is 0 Å². The number of ether oxygens (including phenoxy) is 3. The lowest BCUT2D eigenvalue weighted by Gasteiger charge is -2.35. The van der Waals surface area contributed by atoms with Crippen LogP contribution in [0.2, 0.25) is 0 Å². The molecule has 1 aliphatic rings. The minimum atomic E-state index is 0.147. The third-order valence-electron chi connectivity index (χ3n) is 5.07. The number of hydrogen-bond donors (Lipinski definition) is 0. The second kappa shape index (κ2) is 9.46. The molecule has 2 aromatic carbocycles. The van der Waals surface area contributed by atoms with Crippen LogP contribution in [-0.2, 0) is 17.8 Å². The zero-order chi connectivity index (χ0) is 19.9. The van der Waals surface area contributed by atoms with Crippen LogP contribution in [0.25, 0.3) is 0 Å². The highest BCUT2D eigenvalue weighted by Crippen LogP contribution is 2.28. The SMILES string of the molecule is COc1cccc(CN2CCN(C(=O)Cc3ccc(OC)c(OC)c3)CC2)c1. The quantitative estimate of drug-likeness (QED) is 0.735. The molecule has 6 heteroatoms. The lowest BCUT2D eigenvalue weighted by atomic mass is 10.1. The van der Waals surface area contributed by atoms with Gasteiger partial charge in [0, 0.05) is 32.7 Å². The van der Waals surface area contributed by atoms with Crippen LogP contribution in [0.4, 0.5) is 0 Å². The fourth-order valence-corrected chi connectivity index (χ4v) is 3.46. The van der Waals surface area contributed by atoms with Crippen molar-refractivity contribution < 1.29 is 19.0 Å². The lowest BCUT2D eigenvalue weighted by Crippen LogP contribution is -2.48. The van der Waals surface area contributed by atoms with Crippen molar-refractivity contribution in [1.29, 1.82) is 0 Å². The number of benzene rings is 2. The molecule has 0 aliphatic carbocycles. The third kappa shape index (κ3) is 4.95. The minimum absolute atomic E-state index is 0.147. The van der Waals surface area contributed by atoms with Gasteiger partial charge in [-0.15, -0.1) is 0 Å². The van der Waals surface area contributed by atoms with Gasteiger partial charge in [0.05, 0.1) is 27.8 Å². The van der Waals surface area contributed by atoms with Crippen molar-refractivity contribution >= 4 is 5.91 Å². The molecule has 2 aromatic rings. The first-order valence-corrected chi connectivity index (χ1v) is 9.47. The van der Waals surface area contributed by atoms with E-state index in [1.54, 1.807) is 21.3 Å². The molecule has 1 fully saturated rings. The van der Waals surface area contributed by atoms with Crippen LogP contribution in [0.3, 0.4) is 0 Å². The zero-order valence-corrected chi connectivity index (χ0v) is 16.8. The average molecular weight is 384 g/mol. The maximum atomic E-state index is 12.7. The van der Waals surface area contributed by atoms with Gasteiger partial charge in [0.15, 0.2) is 11.5 Å². The summed E-state index contributed by atoms with van der Waals surface area (Å²) >= 11 is 0. The topological polar surface area (TPSA) is 51.2 Å². The molecule has 6 nitrogen and oxygen atoms in total. The van der Waals surface area contributed by atoms with E-state index in [0.29, 0.717) is 17.9 Å². The van der Waals surface area contributed by atoms with Crippen molar-refractivity contribution in [1.82, 2.24) is 9.80 Å². The lowest BCUT2D eigenvalue weighted by molar-refractivity contribution is -0.132. The van der Waals surface area contributed by atoms with E-state index in [4.69, 9.17) is 14.2 Å². The predicted octanol–water partition coefficient (Wildman–Crippen LogP) is 2.60. The van der Waals surface area contributed by atoms with E-state index in [-0.39, 0.29) is 5.91 Å². The number of piperazine rings is 1. The molecule has 1 aliphatic heterocycles. The molecular formula is C22H28N2O4. The number of carbonyl (C=O) groups excluding carboxylic acids is 1. The highest BCUT2D eigenvalue weighted by atomic mass is 16.5. The normalized spacial score (nSPS) is 14.6. The van der Waals surface area contributed by atoms with E-state index in [1.807, 2.05) is 35.2 Å². The Bertz CT molecular complexity index is 801. The Morgan fingerprint density at radius 3 is 2.29 bits per heavy atom. The molecule has 1 amide bonds. The Morgan fingerprint density at radius 2 is 1.61 bits per heavy atom. The summed E-state index contributed by atoms with van der Waals surface area (Å²) in [5.74, 6) is 2.34. The fourth-order valence-electron chi connectivity index (χ4n) is 3.46. The summed E-state index contributed by atoms with van der Waals surface area (Å²) < 4.78 is 15.9. The molecule has 0 N–H and O–H groups in total. The molecule has 0 bridgehead atoms. The Balaban J connectivity index is 1.52. The van der Waals surface area contributed by atoms with Gasteiger partial charge in [-0.2, -0.15) is 0 Å². The summed E-state index contributed by atoms with van der Waals surface area (Å²) in [4.78, 5) is 17.0. The number of methoxy groups -OCH3 is 3. The second-order valence-electron chi connectivity index (χ2n) is 6.87. The molecule has 0 unspecified atom stereocenters. The summed E-state index contributed by atoms with van der Waals surface area (Å²) in [5.41, 5.74) is 2.16. The minimum Gasteiger partial charge on any atom is -0.497 e. The van der Waals surface area contributed by atoms with Crippen molar-refractivity contribution in [3.8, 4) is 17.2 Å². The van der Waals surface area contributed by atoms with Gasteiger partial charge in [-0.3, -0.25) is 9.69 Å². The number of amides is 1. The molecule has 28 heavy (non-hydrogen) atoms.